The summed E-state index contributed by atoms with van der Waals surface area (Å²) >= 11 is 7.61. The van der Waals surface area contributed by atoms with Gasteiger partial charge in [-0.15, -0.1) is 0 Å². The molecule has 0 atom stereocenters. The van der Waals surface area contributed by atoms with Gasteiger partial charge in [-0.25, -0.2) is 0 Å². The zero-order valence-electron chi connectivity index (χ0n) is 11.5. The fourth-order valence-corrected chi connectivity index (χ4v) is 2.91. The van der Waals surface area contributed by atoms with E-state index in [-0.39, 0.29) is 0 Å². The van der Waals surface area contributed by atoms with Gasteiger partial charge in [0.2, 0.25) is 11.7 Å². The SMILES string of the molecule is CN(Cc1cccc(Cl)c1)Cc1nc(-c2ccsc2)no1. The summed E-state index contributed by atoms with van der Waals surface area (Å²) < 4.78 is 5.30. The smallest absolute Gasteiger partial charge is 0.241 e. The Balaban J connectivity index is 1.64. The van der Waals surface area contributed by atoms with Crippen LogP contribution in [-0.2, 0) is 13.1 Å². The van der Waals surface area contributed by atoms with Gasteiger partial charge < -0.3 is 4.52 Å². The van der Waals surface area contributed by atoms with E-state index in [9.17, 15) is 0 Å². The van der Waals surface area contributed by atoms with Crippen LogP contribution >= 0.6 is 22.9 Å². The summed E-state index contributed by atoms with van der Waals surface area (Å²) in [7, 11) is 2.01. The van der Waals surface area contributed by atoms with E-state index >= 15 is 0 Å². The highest BCUT2D eigenvalue weighted by Gasteiger charge is 2.11. The van der Waals surface area contributed by atoms with Crippen LogP contribution in [0.3, 0.4) is 0 Å². The maximum atomic E-state index is 5.99. The molecule has 0 amide bonds. The second kappa shape index (κ2) is 6.39. The zero-order valence-corrected chi connectivity index (χ0v) is 13.1. The van der Waals surface area contributed by atoms with Crippen LogP contribution in [-0.4, -0.2) is 22.1 Å². The summed E-state index contributed by atoms with van der Waals surface area (Å²) in [5.74, 6) is 1.25. The summed E-state index contributed by atoms with van der Waals surface area (Å²) in [6.45, 7) is 1.38. The number of benzene rings is 1. The summed E-state index contributed by atoms with van der Waals surface area (Å²) in [5, 5.41) is 8.76. The number of hydrogen-bond acceptors (Lipinski definition) is 5. The lowest BCUT2D eigenvalue weighted by molar-refractivity contribution is 0.261. The summed E-state index contributed by atoms with van der Waals surface area (Å²) in [6, 6.07) is 9.81. The molecule has 0 fully saturated rings. The van der Waals surface area contributed by atoms with Gasteiger partial charge in [-0.3, -0.25) is 4.90 Å². The summed E-state index contributed by atoms with van der Waals surface area (Å²) in [6.07, 6.45) is 0. The number of thiophene rings is 1. The van der Waals surface area contributed by atoms with E-state index in [1.807, 2.05) is 48.1 Å². The van der Waals surface area contributed by atoms with Crippen molar-refractivity contribution >= 4 is 22.9 Å². The highest BCUT2D eigenvalue weighted by molar-refractivity contribution is 7.08. The zero-order chi connectivity index (χ0) is 14.7. The molecule has 3 rings (SSSR count). The van der Waals surface area contributed by atoms with E-state index in [1.165, 1.54) is 0 Å². The first-order valence-electron chi connectivity index (χ1n) is 6.49. The highest BCUT2D eigenvalue weighted by atomic mass is 35.5. The number of nitrogens with zero attached hydrogens (tertiary/aromatic N) is 3. The minimum Gasteiger partial charge on any atom is -0.338 e. The van der Waals surface area contributed by atoms with E-state index < -0.39 is 0 Å². The molecule has 0 unspecified atom stereocenters. The van der Waals surface area contributed by atoms with E-state index in [0.717, 1.165) is 22.7 Å². The van der Waals surface area contributed by atoms with Crippen molar-refractivity contribution in [2.45, 2.75) is 13.1 Å². The maximum Gasteiger partial charge on any atom is 0.241 e. The lowest BCUT2D eigenvalue weighted by Crippen LogP contribution is -2.17. The van der Waals surface area contributed by atoms with Crippen molar-refractivity contribution < 1.29 is 4.52 Å². The third kappa shape index (κ3) is 3.69. The molecular formula is C15H14ClN3OS. The fourth-order valence-electron chi connectivity index (χ4n) is 2.06. The van der Waals surface area contributed by atoms with E-state index in [4.69, 9.17) is 16.1 Å². The van der Waals surface area contributed by atoms with Crippen LogP contribution < -0.4 is 0 Å². The summed E-state index contributed by atoms with van der Waals surface area (Å²) in [4.78, 5) is 6.52. The van der Waals surface area contributed by atoms with E-state index in [0.29, 0.717) is 18.3 Å². The molecule has 0 spiro atoms. The Morgan fingerprint density at radius 1 is 1.29 bits per heavy atom. The second-order valence-corrected chi connectivity index (χ2v) is 6.04. The molecule has 1 aromatic carbocycles. The number of hydrogen-bond donors (Lipinski definition) is 0. The van der Waals surface area contributed by atoms with Gasteiger partial charge in [-0.1, -0.05) is 28.9 Å². The quantitative estimate of drug-likeness (QED) is 0.710. The minimum atomic E-state index is 0.601. The van der Waals surface area contributed by atoms with Crippen LogP contribution in [0.1, 0.15) is 11.5 Å². The van der Waals surface area contributed by atoms with Crippen molar-refractivity contribution in [1.29, 1.82) is 0 Å². The Morgan fingerprint density at radius 2 is 2.19 bits per heavy atom. The predicted molar refractivity (Wildman–Crippen MR) is 84.2 cm³/mol. The molecule has 4 nitrogen and oxygen atoms in total. The van der Waals surface area contributed by atoms with Gasteiger partial charge in [0, 0.05) is 22.5 Å². The molecule has 108 valence electrons. The molecule has 0 aliphatic carbocycles. The topological polar surface area (TPSA) is 42.2 Å². The molecule has 0 saturated heterocycles. The van der Waals surface area contributed by atoms with Gasteiger partial charge in [0.15, 0.2) is 0 Å². The molecule has 2 heterocycles. The van der Waals surface area contributed by atoms with E-state index in [2.05, 4.69) is 15.0 Å². The van der Waals surface area contributed by atoms with Crippen LogP contribution in [0.25, 0.3) is 11.4 Å². The first kappa shape index (κ1) is 14.3. The molecule has 6 heteroatoms. The first-order valence-corrected chi connectivity index (χ1v) is 7.81. The Kier molecular flexibility index (Phi) is 4.34. The fraction of sp³-hybridized carbons (Fsp3) is 0.200. The first-order chi connectivity index (χ1) is 10.2. The second-order valence-electron chi connectivity index (χ2n) is 4.83. The normalized spacial score (nSPS) is 11.2. The van der Waals surface area contributed by atoms with Crippen LogP contribution in [0.15, 0.2) is 45.6 Å². The minimum absolute atomic E-state index is 0.601. The number of halogens is 1. The molecule has 21 heavy (non-hydrogen) atoms. The highest BCUT2D eigenvalue weighted by Crippen LogP contribution is 2.19. The monoisotopic (exact) mass is 319 g/mol. The molecule has 0 bridgehead atoms. The molecular weight excluding hydrogens is 306 g/mol. The molecule has 0 aliphatic heterocycles. The molecule has 0 N–H and O–H groups in total. The molecule has 3 aromatic rings. The van der Waals surface area contributed by atoms with Gasteiger partial charge in [-0.05, 0) is 36.2 Å². The van der Waals surface area contributed by atoms with Crippen molar-refractivity contribution in [2.75, 3.05) is 7.05 Å². The van der Waals surface area contributed by atoms with Crippen LogP contribution in [0, 0.1) is 0 Å². The summed E-state index contributed by atoms with van der Waals surface area (Å²) in [5.41, 5.74) is 2.15. The Hall–Kier alpha value is -1.69. The van der Waals surface area contributed by atoms with Crippen LogP contribution in [0.2, 0.25) is 5.02 Å². The number of aromatic nitrogens is 2. The van der Waals surface area contributed by atoms with Gasteiger partial charge in [0.25, 0.3) is 0 Å². The molecule has 0 aliphatic rings. The van der Waals surface area contributed by atoms with Crippen LogP contribution in [0.4, 0.5) is 0 Å². The van der Waals surface area contributed by atoms with Gasteiger partial charge in [0.1, 0.15) is 0 Å². The van der Waals surface area contributed by atoms with Crippen molar-refractivity contribution in [3.05, 3.63) is 57.6 Å². The predicted octanol–water partition coefficient (Wildman–Crippen LogP) is 4.08. The van der Waals surface area contributed by atoms with Gasteiger partial charge >= 0.3 is 0 Å². The number of rotatable bonds is 5. The largest absolute Gasteiger partial charge is 0.338 e. The lowest BCUT2D eigenvalue weighted by atomic mass is 10.2. The Bertz CT molecular complexity index is 711. The third-order valence-electron chi connectivity index (χ3n) is 2.99. The average Bonchev–Trinajstić information content (AvgIpc) is 3.08. The third-order valence-corrected chi connectivity index (χ3v) is 3.91. The van der Waals surface area contributed by atoms with Crippen molar-refractivity contribution in [3.8, 4) is 11.4 Å². The van der Waals surface area contributed by atoms with E-state index in [1.54, 1.807) is 11.3 Å². The Morgan fingerprint density at radius 3 is 2.95 bits per heavy atom. The van der Waals surface area contributed by atoms with Crippen molar-refractivity contribution in [3.63, 3.8) is 0 Å². The van der Waals surface area contributed by atoms with Crippen LogP contribution in [0.5, 0.6) is 0 Å². The molecule has 0 saturated carbocycles. The molecule has 2 aromatic heterocycles. The maximum absolute atomic E-state index is 5.99. The average molecular weight is 320 g/mol. The molecule has 0 radical (unpaired) electrons. The standard InChI is InChI=1S/C15H14ClN3OS/c1-19(8-11-3-2-4-13(16)7-11)9-14-17-15(18-20-14)12-5-6-21-10-12/h2-7,10H,8-9H2,1H3. The van der Waals surface area contributed by atoms with Crippen molar-refractivity contribution in [1.82, 2.24) is 15.0 Å². The van der Waals surface area contributed by atoms with Gasteiger partial charge in [-0.2, -0.15) is 16.3 Å². The Labute approximate surface area is 132 Å². The van der Waals surface area contributed by atoms with Crippen molar-refractivity contribution in [2.24, 2.45) is 0 Å². The van der Waals surface area contributed by atoms with Gasteiger partial charge in [0.05, 0.1) is 6.54 Å². The lowest BCUT2D eigenvalue weighted by Gasteiger charge is -2.14.